The number of guanidine groups is 1. The van der Waals surface area contributed by atoms with Crippen molar-refractivity contribution >= 4 is 5.96 Å². The van der Waals surface area contributed by atoms with Crippen LogP contribution >= 0.6 is 0 Å². The summed E-state index contributed by atoms with van der Waals surface area (Å²) in [7, 11) is 0. The molecule has 0 aliphatic carbocycles. The van der Waals surface area contributed by atoms with E-state index < -0.39 is 12.4 Å². The summed E-state index contributed by atoms with van der Waals surface area (Å²) in [4.78, 5) is 9.19. The molecular weight excluding hydrogens is 357 g/mol. The maximum absolute atomic E-state index is 14.1. The van der Waals surface area contributed by atoms with Crippen molar-refractivity contribution in [3.8, 4) is 5.75 Å². The van der Waals surface area contributed by atoms with Crippen LogP contribution in [0.5, 0.6) is 5.75 Å². The van der Waals surface area contributed by atoms with E-state index in [1.807, 2.05) is 6.92 Å². The molecule has 0 aromatic heterocycles. The number of halogens is 3. The summed E-state index contributed by atoms with van der Waals surface area (Å²) in [5.74, 6) is -0.0736. The lowest BCUT2D eigenvalue weighted by atomic mass is 10.2. The maximum Gasteiger partial charge on any atom is 0.387 e. The Morgan fingerprint density at radius 1 is 1.30 bits per heavy atom. The summed E-state index contributed by atoms with van der Waals surface area (Å²) < 4.78 is 43.8. The van der Waals surface area contributed by atoms with Gasteiger partial charge in [0.05, 0.1) is 12.1 Å². The van der Waals surface area contributed by atoms with Gasteiger partial charge in [-0.2, -0.15) is 8.78 Å². The first-order valence-corrected chi connectivity index (χ1v) is 9.58. The fraction of sp³-hybridized carbons (Fsp3) is 0.632. The van der Waals surface area contributed by atoms with Crippen LogP contribution in [0.4, 0.5) is 13.2 Å². The standard InChI is InChI=1S/C19H27F3N4O/c1-2-23-19(26-11-8-14(13-26)25-9-3-4-10-25)24-12-15-16(20)6-5-7-17(15)27-18(21)22/h5-7,14,18H,2-4,8-13H2,1H3,(H,23,24). The Morgan fingerprint density at radius 2 is 2.07 bits per heavy atom. The summed E-state index contributed by atoms with van der Waals surface area (Å²) in [5.41, 5.74) is 0.0449. The lowest BCUT2D eigenvalue weighted by molar-refractivity contribution is -0.0506. The van der Waals surface area contributed by atoms with Crippen LogP contribution < -0.4 is 10.1 Å². The molecule has 2 fully saturated rings. The number of likely N-dealkylation sites (tertiary alicyclic amines) is 2. The summed E-state index contributed by atoms with van der Waals surface area (Å²) >= 11 is 0. The van der Waals surface area contributed by atoms with E-state index in [0.29, 0.717) is 18.5 Å². The third kappa shape index (κ3) is 5.06. The van der Waals surface area contributed by atoms with Gasteiger partial charge in [-0.1, -0.05) is 6.07 Å². The molecule has 0 bridgehead atoms. The van der Waals surface area contributed by atoms with Gasteiger partial charge in [-0.15, -0.1) is 0 Å². The average Bonchev–Trinajstić information content (AvgIpc) is 3.31. The van der Waals surface area contributed by atoms with Crippen LogP contribution in [-0.2, 0) is 6.54 Å². The van der Waals surface area contributed by atoms with Crippen LogP contribution in [0.2, 0.25) is 0 Å². The van der Waals surface area contributed by atoms with Gasteiger partial charge in [0.2, 0.25) is 0 Å². The maximum atomic E-state index is 14.1. The minimum Gasteiger partial charge on any atom is -0.434 e. The second kappa shape index (κ2) is 9.30. The molecule has 0 radical (unpaired) electrons. The van der Waals surface area contributed by atoms with Gasteiger partial charge in [-0.3, -0.25) is 4.90 Å². The number of nitrogens with zero attached hydrogens (tertiary/aromatic N) is 3. The van der Waals surface area contributed by atoms with Gasteiger partial charge in [-0.25, -0.2) is 9.38 Å². The molecule has 0 amide bonds. The molecule has 2 heterocycles. The van der Waals surface area contributed by atoms with Gasteiger partial charge < -0.3 is 15.0 Å². The van der Waals surface area contributed by atoms with Crippen molar-refractivity contribution in [2.24, 2.45) is 4.99 Å². The number of ether oxygens (including phenoxy) is 1. The normalized spacial score (nSPS) is 21.3. The highest BCUT2D eigenvalue weighted by molar-refractivity contribution is 5.80. The van der Waals surface area contributed by atoms with E-state index in [0.717, 1.165) is 32.6 Å². The molecule has 2 aliphatic heterocycles. The highest BCUT2D eigenvalue weighted by Gasteiger charge is 2.30. The van der Waals surface area contributed by atoms with E-state index in [2.05, 4.69) is 24.8 Å². The van der Waals surface area contributed by atoms with Crippen molar-refractivity contribution in [2.75, 3.05) is 32.7 Å². The summed E-state index contributed by atoms with van der Waals surface area (Å²) in [5, 5.41) is 3.23. The molecule has 2 aliphatic rings. The van der Waals surface area contributed by atoms with Crippen LogP contribution in [0.25, 0.3) is 0 Å². The molecule has 0 spiro atoms. The molecule has 2 saturated heterocycles. The predicted octanol–water partition coefficient (Wildman–Crippen LogP) is 3.06. The Balaban J connectivity index is 1.71. The molecule has 1 atom stereocenters. The quantitative estimate of drug-likeness (QED) is 0.605. The van der Waals surface area contributed by atoms with Crippen LogP contribution in [0.3, 0.4) is 0 Å². The Bertz CT molecular complexity index is 650. The largest absolute Gasteiger partial charge is 0.434 e. The molecule has 1 N–H and O–H groups in total. The zero-order valence-electron chi connectivity index (χ0n) is 15.6. The fourth-order valence-electron chi connectivity index (χ4n) is 3.82. The highest BCUT2D eigenvalue weighted by atomic mass is 19.3. The first-order valence-electron chi connectivity index (χ1n) is 9.58. The Morgan fingerprint density at radius 3 is 2.78 bits per heavy atom. The number of benzene rings is 1. The second-order valence-electron chi connectivity index (χ2n) is 6.90. The SMILES string of the molecule is CCNC(=NCc1c(F)cccc1OC(F)F)N1CCC(N2CCCC2)C1. The van der Waals surface area contributed by atoms with Crippen molar-refractivity contribution in [2.45, 2.75) is 45.4 Å². The van der Waals surface area contributed by atoms with Crippen LogP contribution in [-0.4, -0.2) is 61.1 Å². The number of alkyl halides is 2. The number of nitrogens with one attached hydrogen (secondary N) is 1. The van der Waals surface area contributed by atoms with Crippen LogP contribution in [0.15, 0.2) is 23.2 Å². The average molecular weight is 384 g/mol. The molecule has 3 rings (SSSR count). The summed E-state index contributed by atoms with van der Waals surface area (Å²) in [6, 6.07) is 4.44. The van der Waals surface area contributed by atoms with E-state index in [1.54, 1.807) is 0 Å². The van der Waals surface area contributed by atoms with Crippen molar-refractivity contribution in [1.29, 1.82) is 0 Å². The Hall–Kier alpha value is -1.96. The molecule has 1 unspecified atom stereocenters. The second-order valence-corrected chi connectivity index (χ2v) is 6.90. The topological polar surface area (TPSA) is 40.1 Å². The summed E-state index contributed by atoms with van der Waals surface area (Å²) in [6.45, 7) is 3.66. The lowest BCUT2D eigenvalue weighted by Crippen LogP contribution is -2.42. The first kappa shape index (κ1) is 19.8. The van der Waals surface area contributed by atoms with E-state index in [4.69, 9.17) is 0 Å². The zero-order chi connectivity index (χ0) is 19.2. The predicted molar refractivity (Wildman–Crippen MR) is 98.6 cm³/mol. The number of aliphatic imine (C=N–C) groups is 1. The molecular formula is C19H27F3N4O. The Kier molecular flexibility index (Phi) is 6.82. The molecule has 0 saturated carbocycles. The van der Waals surface area contributed by atoms with Gasteiger partial charge in [0.25, 0.3) is 0 Å². The van der Waals surface area contributed by atoms with Crippen LogP contribution in [0.1, 0.15) is 31.7 Å². The summed E-state index contributed by atoms with van der Waals surface area (Å²) in [6.07, 6.45) is 3.58. The third-order valence-corrected chi connectivity index (χ3v) is 5.13. The Labute approximate surface area is 158 Å². The van der Waals surface area contributed by atoms with E-state index in [1.165, 1.54) is 31.0 Å². The number of hydrogen-bond donors (Lipinski definition) is 1. The van der Waals surface area contributed by atoms with E-state index >= 15 is 0 Å². The molecule has 1 aromatic rings. The smallest absolute Gasteiger partial charge is 0.387 e. The van der Waals surface area contributed by atoms with Crippen molar-refractivity contribution in [3.63, 3.8) is 0 Å². The number of hydrogen-bond acceptors (Lipinski definition) is 3. The molecule has 5 nitrogen and oxygen atoms in total. The first-order chi connectivity index (χ1) is 13.1. The zero-order valence-corrected chi connectivity index (χ0v) is 15.6. The third-order valence-electron chi connectivity index (χ3n) is 5.13. The monoisotopic (exact) mass is 384 g/mol. The van der Waals surface area contributed by atoms with Gasteiger partial charge in [-0.05, 0) is 51.4 Å². The molecule has 27 heavy (non-hydrogen) atoms. The van der Waals surface area contributed by atoms with Gasteiger partial charge >= 0.3 is 6.61 Å². The number of rotatable bonds is 6. The van der Waals surface area contributed by atoms with Crippen LogP contribution in [0, 0.1) is 5.82 Å². The van der Waals surface area contributed by atoms with Crippen molar-refractivity contribution in [1.82, 2.24) is 15.1 Å². The van der Waals surface area contributed by atoms with E-state index in [9.17, 15) is 13.2 Å². The highest BCUT2D eigenvalue weighted by Crippen LogP contribution is 2.25. The van der Waals surface area contributed by atoms with Gasteiger partial charge in [0, 0.05) is 25.7 Å². The van der Waals surface area contributed by atoms with E-state index in [-0.39, 0.29) is 17.9 Å². The molecule has 150 valence electrons. The van der Waals surface area contributed by atoms with Gasteiger partial charge in [0.1, 0.15) is 11.6 Å². The lowest BCUT2D eigenvalue weighted by Gasteiger charge is -2.25. The van der Waals surface area contributed by atoms with Crippen molar-refractivity contribution in [3.05, 3.63) is 29.6 Å². The molecule has 1 aromatic carbocycles. The minimum absolute atomic E-state index is 0.0449. The van der Waals surface area contributed by atoms with Crippen molar-refractivity contribution < 1.29 is 17.9 Å². The van der Waals surface area contributed by atoms with Gasteiger partial charge in [0.15, 0.2) is 5.96 Å². The minimum atomic E-state index is -3.00. The fourth-order valence-corrected chi connectivity index (χ4v) is 3.82. The molecule has 8 heteroatoms.